The minimum atomic E-state index is -2.25. The van der Waals surface area contributed by atoms with Gasteiger partial charge in [-0.25, -0.2) is 0 Å². The van der Waals surface area contributed by atoms with Crippen LogP contribution < -0.4 is 4.43 Å². The molecule has 0 radical (unpaired) electrons. The highest BCUT2D eigenvalue weighted by Gasteiger charge is 2.48. The largest absolute Gasteiger partial charge is 0.542 e. The van der Waals surface area contributed by atoms with Crippen molar-refractivity contribution in [1.29, 1.82) is 0 Å². The average Bonchev–Trinajstić information content (AvgIpc) is 2.79. The quantitative estimate of drug-likeness (QED) is 0.305. The van der Waals surface area contributed by atoms with Crippen molar-refractivity contribution in [2.45, 2.75) is 148 Å². The van der Waals surface area contributed by atoms with E-state index in [0.29, 0.717) is 29.0 Å². The van der Waals surface area contributed by atoms with E-state index in [4.69, 9.17) is 8.85 Å². The molecule has 1 atom stereocenters. The lowest BCUT2D eigenvalue weighted by atomic mass is 9.71. The molecule has 0 bridgehead atoms. The Morgan fingerprint density at radius 2 is 1.49 bits per heavy atom. The van der Waals surface area contributed by atoms with Gasteiger partial charge in [0.2, 0.25) is 0 Å². The number of hydrogen-bond acceptors (Lipinski definition) is 3. The van der Waals surface area contributed by atoms with Gasteiger partial charge in [0.15, 0.2) is 8.32 Å². The number of aryl methyl sites for hydroxylation is 1. The summed E-state index contributed by atoms with van der Waals surface area (Å²) in [5.74, 6) is 1.30. The Hall–Kier alpha value is -1.31. The fourth-order valence-corrected chi connectivity index (χ4v) is 13.3. The fourth-order valence-electron chi connectivity index (χ4n) is 6.99. The van der Waals surface area contributed by atoms with Crippen LogP contribution in [0.1, 0.15) is 119 Å². The second-order valence-corrected chi connectivity index (χ2v) is 25.6. The zero-order valence-electron chi connectivity index (χ0n) is 27.6. The predicted molar refractivity (Wildman–Crippen MR) is 175 cm³/mol. The lowest BCUT2D eigenvalue weighted by Crippen LogP contribution is -2.51. The van der Waals surface area contributed by atoms with Crippen molar-refractivity contribution in [2.24, 2.45) is 0 Å². The van der Waals surface area contributed by atoms with Gasteiger partial charge in [-0.05, 0) is 82.0 Å². The van der Waals surface area contributed by atoms with Gasteiger partial charge < -0.3 is 14.0 Å². The van der Waals surface area contributed by atoms with Gasteiger partial charge in [0, 0.05) is 23.5 Å². The van der Waals surface area contributed by atoms with Gasteiger partial charge in [0.25, 0.3) is 8.32 Å². The molecule has 3 nitrogen and oxygen atoms in total. The third kappa shape index (κ3) is 5.88. The van der Waals surface area contributed by atoms with Gasteiger partial charge in [-0.15, -0.1) is 0 Å². The normalized spacial score (nSPS) is 17.3. The van der Waals surface area contributed by atoms with Crippen LogP contribution in [0.25, 0.3) is 10.8 Å². The summed E-state index contributed by atoms with van der Waals surface area (Å²) in [5.41, 5.74) is 5.24. The van der Waals surface area contributed by atoms with E-state index in [1.165, 1.54) is 29.4 Å². The number of rotatable bonds is 9. The van der Waals surface area contributed by atoms with E-state index in [0.717, 1.165) is 23.1 Å². The first-order valence-corrected chi connectivity index (χ1v) is 20.5. The molecule has 0 aromatic heterocycles. The van der Waals surface area contributed by atoms with Crippen LogP contribution in [-0.2, 0) is 16.3 Å². The highest BCUT2D eigenvalue weighted by atomic mass is 28.4. The SMILES string of the molecule is CC(C)[Si](Oc1cc2c3c(ccc2c(O)c1[C@@H](C)CO[Si](C)(C)C(C)(C)C)C(C)(C)CCC3)(C(C)C)C(C)C. The predicted octanol–water partition coefficient (Wildman–Crippen LogP) is 10.8. The monoisotopic (exact) mass is 570 g/mol. The molecule has 39 heavy (non-hydrogen) atoms. The summed E-state index contributed by atoms with van der Waals surface area (Å²) in [5, 5.41) is 14.3. The minimum absolute atomic E-state index is 0.0178. The molecule has 2 aromatic carbocycles. The van der Waals surface area contributed by atoms with Crippen molar-refractivity contribution in [3.05, 3.63) is 34.9 Å². The van der Waals surface area contributed by atoms with Crippen molar-refractivity contribution in [2.75, 3.05) is 6.61 Å². The van der Waals surface area contributed by atoms with Crippen LogP contribution in [0, 0.1) is 0 Å². The molecular formula is C34H58O3Si2. The Labute approximate surface area is 242 Å². The molecule has 0 amide bonds. The number of fused-ring (bicyclic) bond motifs is 3. The summed E-state index contributed by atoms with van der Waals surface area (Å²) in [6.45, 7) is 33.0. The molecule has 220 valence electrons. The number of phenolic OH excluding ortho intramolecular Hbond substituents is 1. The van der Waals surface area contributed by atoms with Crippen LogP contribution in [0.4, 0.5) is 0 Å². The average molecular weight is 571 g/mol. The highest BCUT2D eigenvalue weighted by molar-refractivity contribution is 6.78. The van der Waals surface area contributed by atoms with E-state index in [1.54, 1.807) is 0 Å². The molecule has 3 rings (SSSR count). The van der Waals surface area contributed by atoms with Crippen molar-refractivity contribution in [1.82, 2.24) is 0 Å². The molecule has 0 unspecified atom stereocenters. The summed E-state index contributed by atoms with van der Waals surface area (Å²) in [4.78, 5) is 0. The first-order valence-electron chi connectivity index (χ1n) is 15.4. The lowest BCUT2D eigenvalue weighted by Gasteiger charge is -2.43. The molecule has 0 saturated carbocycles. The first kappa shape index (κ1) is 32.2. The Morgan fingerprint density at radius 1 is 0.923 bits per heavy atom. The van der Waals surface area contributed by atoms with Crippen LogP contribution in [0.15, 0.2) is 18.2 Å². The molecule has 0 saturated heterocycles. The zero-order chi connectivity index (χ0) is 29.7. The maximum absolute atomic E-state index is 12.0. The number of aromatic hydroxyl groups is 1. The lowest BCUT2D eigenvalue weighted by molar-refractivity contribution is 0.265. The van der Waals surface area contributed by atoms with E-state index in [9.17, 15) is 5.11 Å². The van der Waals surface area contributed by atoms with Gasteiger partial charge in [0.05, 0.1) is 0 Å². The molecule has 1 aliphatic carbocycles. The van der Waals surface area contributed by atoms with E-state index in [-0.39, 0.29) is 16.4 Å². The summed E-state index contributed by atoms with van der Waals surface area (Å²) in [7, 11) is -4.19. The van der Waals surface area contributed by atoms with Crippen LogP contribution in [0.3, 0.4) is 0 Å². The molecule has 0 heterocycles. The smallest absolute Gasteiger partial charge is 0.258 e. The molecule has 1 N–H and O–H groups in total. The number of hydrogen-bond donors (Lipinski definition) is 1. The summed E-state index contributed by atoms with van der Waals surface area (Å²) >= 11 is 0. The second-order valence-electron chi connectivity index (χ2n) is 15.5. The molecule has 5 heteroatoms. The molecule has 0 spiro atoms. The van der Waals surface area contributed by atoms with E-state index < -0.39 is 16.6 Å². The zero-order valence-corrected chi connectivity index (χ0v) is 29.6. The summed E-state index contributed by atoms with van der Waals surface area (Å²) < 4.78 is 14.1. The Bertz CT molecular complexity index is 1150. The van der Waals surface area contributed by atoms with E-state index in [1.807, 2.05) is 0 Å². The third-order valence-corrected chi connectivity index (χ3v) is 20.8. The van der Waals surface area contributed by atoms with Crippen molar-refractivity contribution in [3.63, 3.8) is 0 Å². The van der Waals surface area contributed by atoms with Crippen LogP contribution in [0.2, 0.25) is 34.8 Å². The molecule has 1 aliphatic rings. The number of benzene rings is 2. The van der Waals surface area contributed by atoms with Crippen molar-refractivity contribution in [3.8, 4) is 11.5 Å². The van der Waals surface area contributed by atoms with Gasteiger partial charge >= 0.3 is 0 Å². The van der Waals surface area contributed by atoms with Gasteiger partial charge in [0.1, 0.15) is 11.5 Å². The molecule has 0 aliphatic heterocycles. The van der Waals surface area contributed by atoms with E-state index >= 15 is 0 Å². The Balaban J connectivity index is 2.27. The summed E-state index contributed by atoms with van der Waals surface area (Å²) in [6, 6.07) is 6.73. The maximum Gasteiger partial charge on any atom is 0.258 e. The van der Waals surface area contributed by atoms with Crippen molar-refractivity contribution >= 4 is 27.4 Å². The molecule has 0 fully saturated rings. The minimum Gasteiger partial charge on any atom is -0.542 e. The van der Waals surface area contributed by atoms with Gasteiger partial charge in [-0.2, -0.15) is 0 Å². The standard InChI is InChI=1S/C34H58O3Si2/c1-22(2)39(23(3)4,24(5)6)37-30-20-28-26-16-15-19-34(11,12)29(26)18-17-27(28)32(35)31(30)25(7)21-36-38(13,14)33(8,9)10/h17-18,20,22-25,35H,15-16,19,21H2,1-14H3/t25-/m0/s1. The van der Waals surface area contributed by atoms with Crippen molar-refractivity contribution < 1.29 is 14.0 Å². The molecule has 2 aromatic rings. The van der Waals surface area contributed by atoms with Crippen LogP contribution in [-0.4, -0.2) is 28.3 Å². The van der Waals surface area contributed by atoms with Crippen LogP contribution >= 0.6 is 0 Å². The highest BCUT2D eigenvalue weighted by Crippen LogP contribution is 2.50. The van der Waals surface area contributed by atoms with E-state index in [2.05, 4.69) is 114 Å². The molecular weight excluding hydrogens is 513 g/mol. The van der Waals surface area contributed by atoms with Crippen LogP contribution in [0.5, 0.6) is 11.5 Å². The van der Waals surface area contributed by atoms with Gasteiger partial charge in [-0.1, -0.05) is 95.2 Å². The first-order chi connectivity index (χ1) is 17.8. The fraction of sp³-hybridized carbons (Fsp3) is 0.706. The maximum atomic E-state index is 12.0. The second kappa shape index (κ2) is 11.2. The third-order valence-electron chi connectivity index (χ3n) is 10.4. The Kier molecular flexibility index (Phi) is 9.23. The Morgan fingerprint density at radius 3 is 2.00 bits per heavy atom. The topological polar surface area (TPSA) is 38.7 Å². The number of phenols is 1. The van der Waals surface area contributed by atoms with Gasteiger partial charge in [-0.3, -0.25) is 0 Å². The summed E-state index contributed by atoms with van der Waals surface area (Å²) in [6.07, 6.45) is 3.43.